The number of carbonyl (C=O) groups excluding carboxylic acids is 2. The third kappa shape index (κ3) is 5.23. The van der Waals surface area contributed by atoms with Crippen LogP contribution in [-0.2, 0) is 15.7 Å². The number of urea groups is 1. The molecule has 0 radical (unpaired) electrons. The first-order valence-corrected chi connectivity index (χ1v) is 9.39. The minimum atomic E-state index is -4.46. The summed E-state index contributed by atoms with van der Waals surface area (Å²) in [5.41, 5.74) is -0.0571. The normalized spacial score (nSPS) is 14.5. The zero-order valence-corrected chi connectivity index (χ0v) is 16.8. The van der Waals surface area contributed by atoms with Crippen molar-refractivity contribution < 1.29 is 32.2 Å². The number of halogens is 3. The maximum atomic E-state index is 13.0. The van der Waals surface area contributed by atoms with E-state index in [0.717, 1.165) is 17.0 Å². The summed E-state index contributed by atoms with van der Waals surface area (Å²) in [4.78, 5) is 30.4. The average molecular weight is 438 g/mol. The summed E-state index contributed by atoms with van der Waals surface area (Å²) < 4.78 is 49.0. The topological polar surface area (TPSA) is 92.8 Å². The molecule has 2 heterocycles. The van der Waals surface area contributed by atoms with Gasteiger partial charge in [0.1, 0.15) is 12.3 Å². The lowest BCUT2D eigenvalue weighted by Crippen LogP contribution is -2.49. The largest absolute Gasteiger partial charge is 0.495 e. The van der Waals surface area contributed by atoms with Crippen LogP contribution in [0.1, 0.15) is 24.1 Å². The van der Waals surface area contributed by atoms with Crippen molar-refractivity contribution in [2.75, 3.05) is 37.1 Å². The van der Waals surface area contributed by atoms with Gasteiger partial charge in [-0.3, -0.25) is 9.69 Å². The third-order valence-corrected chi connectivity index (χ3v) is 4.58. The Morgan fingerprint density at radius 2 is 2.03 bits per heavy atom. The molecule has 1 aromatic carbocycles. The number of fused-ring (bicyclic) bond motifs is 1. The van der Waals surface area contributed by atoms with Gasteiger partial charge in [-0.1, -0.05) is 12.1 Å². The Morgan fingerprint density at radius 3 is 2.65 bits per heavy atom. The number of hydrogen-bond acceptors (Lipinski definition) is 5. The molecule has 0 saturated carbocycles. The number of nitrogens with zero attached hydrogens (tertiary/aromatic N) is 2. The van der Waals surface area contributed by atoms with Gasteiger partial charge in [-0.05, 0) is 24.6 Å². The summed E-state index contributed by atoms with van der Waals surface area (Å²) in [6, 6.07) is 4.61. The number of hydrogen-bond donors (Lipinski definition) is 2. The molecule has 2 N–H and O–H groups in total. The number of nitrogens with one attached hydrogen (secondary N) is 2. The Morgan fingerprint density at radius 1 is 1.32 bits per heavy atom. The number of methoxy groups -OCH3 is 1. The van der Waals surface area contributed by atoms with Crippen molar-refractivity contribution in [2.45, 2.75) is 19.1 Å². The molecule has 1 aliphatic rings. The highest BCUT2D eigenvalue weighted by atomic mass is 19.4. The monoisotopic (exact) mass is 438 g/mol. The molecule has 31 heavy (non-hydrogen) atoms. The number of amides is 3. The molecule has 1 aliphatic heterocycles. The molecule has 3 amide bonds. The number of rotatable bonds is 6. The van der Waals surface area contributed by atoms with Crippen molar-refractivity contribution in [1.29, 1.82) is 0 Å². The number of alkyl halides is 3. The first kappa shape index (κ1) is 22.3. The summed E-state index contributed by atoms with van der Waals surface area (Å²) in [5.74, 6) is 0.203. The highest BCUT2D eigenvalue weighted by molar-refractivity contribution is 6.08. The lowest BCUT2D eigenvalue weighted by molar-refractivity contribution is -0.137. The van der Waals surface area contributed by atoms with Crippen molar-refractivity contribution in [1.82, 2.24) is 10.3 Å². The molecule has 2 aromatic rings. The molecule has 1 atom stereocenters. The van der Waals surface area contributed by atoms with Crippen LogP contribution < -0.4 is 20.3 Å². The summed E-state index contributed by atoms with van der Waals surface area (Å²) >= 11 is 0. The Hall–Kier alpha value is -3.34. The van der Waals surface area contributed by atoms with Gasteiger partial charge in [-0.15, -0.1) is 0 Å². The minimum Gasteiger partial charge on any atom is -0.495 e. The van der Waals surface area contributed by atoms with Crippen molar-refractivity contribution in [2.24, 2.45) is 0 Å². The maximum absolute atomic E-state index is 13.0. The van der Waals surface area contributed by atoms with Crippen LogP contribution in [0.3, 0.4) is 0 Å². The maximum Gasteiger partial charge on any atom is 0.416 e. The second kappa shape index (κ2) is 9.21. The molecule has 8 nitrogen and oxygen atoms in total. The van der Waals surface area contributed by atoms with Crippen molar-refractivity contribution in [3.63, 3.8) is 0 Å². The second-order valence-electron chi connectivity index (χ2n) is 6.66. The average Bonchev–Trinajstić information content (AvgIpc) is 2.74. The van der Waals surface area contributed by atoms with Gasteiger partial charge in [0.25, 0.3) is 0 Å². The molecule has 0 spiro atoms. The Balaban J connectivity index is 1.83. The molecule has 0 bridgehead atoms. The van der Waals surface area contributed by atoms with E-state index in [1.54, 1.807) is 6.92 Å². The zero-order chi connectivity index (χ0) is 22.6. The van der Waals surface area contributed by atoms with E-state index in [1.165, 1.54) is 31.5 Å². The van der Waals surface area contributed by atoms with Crippen LogP contribution in [0.4, 0.5) is 29.5 Å². The minimum absolute atomic E-state index is 0.0382. The van der Waals surface area contributed by atoms with Crippen molar-refractivity contribution in [3.8, 4) is 5.75 Å². The van der Waals surface area contributed by atoms with E-state index in [4.69, 9.17) is 9.47 Å². The Kier molecular flexibility index (Phi) is 6.64. The SMILES string of the molecule is CCOCC(NC(=O)N1CC(=O)Nc2cc(OC)cnc21)c1ccc(C(F)(F)F)cc1. The van der Waals surface area contributed by atoms with Crippen LogP contribution in [0.25, 0.3) is 0 Å². The molecule has 0 aliphatic carbocycles. The van der Waals surface area contributed by atoms with E-state index in [0.29, 0.717) is 23.6 Å². The molecule has 166 valence electrons. The quantitative estimate of drug-likeness (QED) is 0.722. The van der Waals surface area contributed by atoms with E-state index in [1.807, 2.05) is 0 Å². The van der Waals surface area contributed by atoms with E-state index in [2.05, 4.69) is 15.6 Å². The highest BCUT2D eigenvalue weighted by Crippen LogP contribution is 2.32. The van der Waals surface area contributed by atoms with Crippen LogP contribution in [-0.4, -0.2) is 43.8 Å². The standard InChI is InChI=1S/C20H21F3N4O4/c1-3-31-11-16(12-4-6-13(7-5-12)20(21,22)23)26-19(29)27-10-17(28)25-15-8-14(30-2)9-24-18(15)27/h4-9,16H,3,10-11H2,1-2H3,(H,25,28)(H,26,29). The number of benzene rings is 1. The highest BCUT2D eigenvalue weighted by Gasteiger charge is 2.32. The molecule has 1 unspecified atom stereocenters. The Labute approximate surface area is 176 Å². The molecule has 11 heteroatoms. The van der Waals surface area contributed by atoms with Gasteiger partial charge in [0.15, 0.2) is 5.82 Å². The predicted molar refractivity (Wildman–Crippen MR) is 106 cm³/mol. The first-order valence-electron chi connectivity index (χ1n) is 9.39. The molecule has 3 rings (SSSR count). The molecule has 1 aromatic heterocycles. The fourth-order valence-electron chi connectivity index (χ4n) is 3.02. The van der Waals surface area contributed by atoms with Gasteiger partial charge in [0.05, 0.1) is 37.2 Å². The summed E-state index contributed by atoms with van der Waals surface area (Å²) in [6.07, 6.45) is -3.06. The number of aromatic nitrogens is 1. The summed E-state index contributed by atoms with van der Waals surface area (Å²) in [7, 11) is 1.45. The van der Waals surface area contributed by atoms with Crippen LogP contribution >= 0.6 is 0 Å². The van der Waals surface area contributed by atoms with Crippen LogP contribution in [0.5, 0.6) is 5.75 Å². The fourth-order valence-corrected chi connectivity index (χ4v) is 3.02. The number of ether oxygens (including phenoxy) is 2. The summed E-state index contributed by atoms with van der Waals surface area (Å²) in [6.45, 7) is 1.88. The van der Waals surface area contributed by atoms with Gasteiger partial charge in [-0.2, -0.15) is 13.2 Å². The number of carbonyl (C=O) groups is 2. The molecular weight excluding hydrogens is 417 g/mol. The molecule has 0 saturated heterocycles. The van der Waals surface area contributed by atoms with Crippen LogP contribution in [0.15, 0.2) is 36.5 Å². The smallest absolute Gasteiger partial charge is 0.416 e. The van der Waals surface area contributed by atoms with Crippen molar-refractivity contribution in [3.05, 3.63) is 47.7 Å². The zero-order valence-electron chi connectivity index (χ0n) is 16.8. The van der Waals surface area contributed by atoms with E-state index in [-0.39, 0.29) is 19.0 Å². The van der Waals surface area contributed by atoms with E-state index < -0.39 is 29.7 Å². The fraction of sp³-hybridized carbons (Fsp3) is 0.350. The van der Waals surface area contributed by atoms with E-state index >= 15 is 0 Å². The number of anilines is 2. The van der Waals surface area contributed by atoms with Gasteiger partial charge in [-0.25, -0.2) is 9.78 Å². The second-order valence-corrected chi connectivity index (χ2v) is 6.66. The lowest BCUT2D eigenvalue weighted by atomic mass is 10.1. The van der Waals surface area contributed by atoms with Gasteiger partial charge in [0.2, 0.25) is 5.91 Å². The predicted octanol–water partition coefficient (Wildman–Crippen LogP) is 3.35. The molecule has 0 fully saturated rings. The summed E-state index contributed by atoms with van der Waals surface area (Å²) in [5, 5.41) is 5.34. The van der Waals surface area contributed by atoms with Crippen LogP contribution in [0, 0.1) is 0 Å². The van der Waals surface area contributed by atoms with Crippen LogP contribution in [0.2, 0.25) is 0 Å². The molecular formula is C20H21F3N4O4. The van der Waals surface area contributed by atoms with E-state index in [9.17, 15) is 22.8 Å². The van der Waals surface area contributed by atoms with Crippen molar-refractivity contribution >= 4 is 23.4 Å². The van der Waals surface area contributed by atoms with Gasteiger partial charge in [0, 0.05) is 12.7 Å². The first-order chi connectivity index (χ1) is 14.7. The Bertz CT molecular complexity index is 950. The lowest BCUT2D eigenvalue weighted by Gasteiger charge is -2.30. The third-order valence-electron chi connectivity index (χ3n) is 4.58. The number of pyridine rings is 1. The van der Waals surface area contributed by atoms with Gasteiger partial charge < -0.3 is 20.1 Å². The van der Waals surface area contributed by atoms with Gasteiger partial charge >= 0.3 is 12.2 Å².